The second-order valence-corrected chi connectivity index (χ2v) is 7.26. The highest BCUT2D eigenvalue weighted by atomic mass is 32.1. The Balaban J connectivity index is 1.39. The predicted octanol–water partition coefficient (Wildman–Crippen LogP) is 5.11. The highest BCUT2D eigenvalue weighted by Gasteiger charge is 2.14. The van der Waals surface area contributed by atoms with Crippen molar-refractivity contribution in [2.24, 2.45) is 0 Å². The molecule has 0 saturated heterocycles. The minimum atomic E-state index is -0.730. The third-order valence-electron chi connectivity index (χ3n) is 4.18. The number of benzene rings is 2. The number of para-hydroxylation sites is 1. The van der Waals surface area contributed by atoms with E-state index in [-0.39, 0.29) is 30.1 Å². The molecule has 8 heteroatoms. The first kappa shape index (κ1) is 18.2. The summed E-state index contributed by atoms with van der Waals surface area (Å²) in [6, 6.07) is 9.09. The summed E-state index contributed by atoms with van der Waals surface area (Å²) >= 11 is 1.41. The molecule has 0 saturated carbocycles. The van der Waals surface area contributed by atoms with Crippen molar-refractivity contribution in [2.75, 3.05) is 5.32 Å². The van der Waals surface area contributed by atoms with E-state index in [0.717, 1.165) is 27.9 Å². The van der Waals surface area contributed by atoms with Crippen molar-refractivity contribution in [3.63, 3.8) is 0 Å². The Morgan fingerprint density at radius 2 is 2.11 bits per heavy atom. The minimum absolute atomic E-state index is 0.120. The van der Waals surface area contributed by atoms with E-state index in [1.807, 2.05) is 25.1 Å². The molecule has 4 rings (SSSR count). The molecule has 0 spiro atoms. The van der Waals surface area contributed by atoms with Gasteiger partial charge in [-0.1, -0.05) is 23.5 Å². The molecule has 0 aliphatic rings. The van der Waals surface area contributed by atoms with Crippen LogP contribution in [0.25, 0.3) is 21.5 Å². The topological polar surface area (TPSA) is 68.0 Å². The normalized spacial score (nSPS) is 11.1. The van der Waals surface area contributed by atoms with Gasteiger partial charge in [-0.15, -0.1) is 0 Å². The van der Waals surface area contributed by atoms with Crippen molar-refractivity contribution in [2.45, 2.75) is 19.8 Å². The summed E-state index contributed by atoms with van der Waals surface area (Å²) in [5.41, 5.74) is 2.05. The number of hydrogen-bond acceptors (Lipinski definition) is 5. The molecule has 142 valence electrons. The monoisotopic (exact) mass is 399 g/mol. The first-order chi connectivity index (χ1) is 13.5. The largest absolute Gasteiger partial charge is 0.441 e. The third-order valence-corrected chi connectivity index (χ3v) is 5.12. The van der Waals surface area contributed by atoms with Crippen molar-refractivity contribution in [1.82, 2.24) is 9.97 Å². The lowest BCUT2D eigenvalue weighted by Crippen LogP contribution is -2.12. The van der Waals surface area contributed by atoms with Crippen LogP contribution in [0.3, 0.4) is 0 Å². The van der Waals surface area contributed by atoms with E-state index >= 15 is 0 Å². The highest BCUT2D eigenvalue weighted by Crippen LogP contribution is 2.28. The minimum Gasteiger partial charge on any atom is -0.441 e. The molecular formula is C20H15F2N3O2S. The van der Waals surface area contributed by atoms with Gasteiger partial charge >= 0.3 is 0 Å². The number of carbonyl (C=O) groups excluding carboxylic acids is 1. The standard InChI is InChI=1S/C20H15F2N3O2S/c1-11-3-2-4-16-19(11)25-20(28-16)24-17(26)7-8-18-23-10-15(27-18)13-6-5-12(21)9-14(13)22/h2-6,9-10H,7-8H2,1H3,(H,24,25,26). The zero-order chi connectivity index (χ0) is 19.7. The van der Waals surface area contributed by atoms with Crippen molar-refractivity contribution in [1.29, 1.82) is 0 Å². The fourth-order valence-corrected chi connectivity index (χ4v) is 3.74. The molecule has 0 atom stereocenters. The second-order valence-electron chi connectivity index (χ2n) is 6.23. The summed E-state index contributed by atoms with van der Waals surface area (Å²) in [4.78, 5) is 20.7. The number of nitrogens with one attached hydrogen (secondary N) is 1. The number of aromatic nitrogens is 2. The number of halogens is 2. The predicted molar refractivity (Wildman–Crippen MR) is 103 cm³/mol. The molecule has 0 unspecified atom stereocenters. The number of oxazole rings is 1. The molecule has 0 fully saturated rings. The van der Waals surface area contributed by atoms with Gasteiger partial charge in [-0.3, -0.25) is 4.79 Å². The smallest absolute Gasteiger partial charge is 0.226 e. The van der Waals surface area contributed by atoms with E-state index < -0.39 is 11.6 Å². The molecule has 1 amide bonds. The number of anilines is 1. The number of aryl methyl sites for hydroxylation is 2. The number of hydrogen-bond donors (Lipinski definition) is 1. The quantitative estimate of drug-likeness (QED) is 0.506. The van der Waals surface area contributed by atoms with Gasteiger partial charge in [0.25, 0.3) is 0 Å². The number of thiazole rings is 1. The summed E-state index contributed by atoms with van der Waals surface area (Å²) in [7, 11) is 0. The van der Waals surface area contributed by atoms with Gasteiger partial charge in [0, 0.05) is 18.9 Å². The molecule has 0 radical (unpaired) electrons. The van der Waals surface area contributed by atoms with Crippen molar-refractivity contribution in [3.05, 3.63) is 65.7 Å². The van der Waals surface area contributed by atoms with E-state index in [1.165, 1.54) is 23.6 Å². The van der Waals surface area contributed by atoms with Crippen LogP contribution in [0, 0.1) is 18.6 Å². The number of nitrogens with zero attached hydrogens (tertiary/aromatic N) is 2. The molecule has 0 aliphatic carbocycles. The van der Waals surface area contributed by atoms with Gasteiger partial charge < -0.3 is 9.73 Å². The molecule has 5 nitrogen and oxygen atoms in total. The van der Waals surface area contributed by atoms with Crippen LogP contribution in [0.1, 0.15) is 17.9 Å². The number of amides is 1. The van der Waals surface area contributed by atoms with Crippen molar-refractivity contribution >= 4 is 32.6 Å². The summed E-state index contributed by atoms with van der Waals surface area (Å²) in [6.07, 6.45) is 1.75. The van der Waals surface area contributed by atoms with Crippen LogP contribution < -0.4 is 5.32 Å². The first-order valence-electron chi connectivity index (χ1n) is 8.56. The van der Waals surface area contributed by atoms with E-state index in [1.54, 1.807) is 0 Å². The lowest BCUT2D eigenvalue weighted by Gasteiger charge is -2.00. The van der Waals surface area contributed by atoms with Gasteiger partial charge in [-0.05, 0) is 30.7 Å². The summed E-state index contributed by atoms with van der Waals surface area (Å²) in [6.45, 7) is 1.97. The van der Waals surface area contributed by atoms with E-state index in [9.17, 15) is 13.6 Å². The maximum absolute atomic E-state index is 13.8. The zero-order valence-electron chi connectivity index (χ0n) is 14.8. The van der Waals surface area contributed by atoms with Gasteiger partial charge in [0.2, 0.25) is 5.91 Å². The Kier molecular flexibility index (Phi) is 4.87. The molecule has 2 heterocycles. The second kappa shape index (κ2) is 7.47. The van der Waals surface area contributed by atoms with Gasteiger partial charge in [-0.2, -0.15) is 0 Å². The fourth-order valence-electron chi connectivity index (χ4n) is 2.78. The van der Waals surface area contributed by atoms with Crippen LogP contribution in [-0.2, 0) is 11.2 Å². The molecule has 0 bridgehead atoms. The molecular weight excluding hydrogens is 384 g/mol. The molecule has 0 aliphatic heterocycles. The SMILES string of the molecule is Cc1cccc2sc(NC(=O)CCc3ncc(-c4ccc(F)cc4F)o3)nc12. The maximum atomic E-state index is 13.8. The van der Waals surface area contributed by atoms with E-state index in [0.29, 0.717) is 11.0 Å². The lowest BCUT2D eigenvalue weighted by molar-refractivity contribution is -0.116. The Hall–Kier alpha value is -3.13. The average Bonchev–Trinajstić information content (AvgIpc) is 3.27. The van der Waals surface area contributed by atoms with E-state index in [4.69, 9.17) is 4.42 Å². The van der Waals surface area contributed by atoms with Crippen molar-refractivity contribution in [3.8, 4) is 11.3 Å². The highest BCUT2D eigenvalue weighted by molar-refractivity contribution is 7.22. The first-order valence-corrected chi connectivity index (χ1v) is 9.37. The van der Waals surface area contributed by atoms with Crippen LogP contribution in [0.4, 0.5) is 13.9 Å². The van der Waals surface area contributed by atoms with Gasteiger partial charge in [0.15, 0.2) is 16.8 Å². The lowest BCUT2D eigenvalue weighted by atomic mass is 10.2. The number of fused-ring (bicyclic) bond motifs is 1. The Labute approximate surface area is 163 Å². The summed E-state index contributed by atoms with van der Waals surface area (Å²) in [5.74, 6) is -1.12. The Morgan fingerprint density at radius 3 is 2.89 bits per heavy atom. The fraction of sp³-hybridized carbons (Fsp3) is 0.150. The molecule has 1 N–H and O–H groups in total. The average molecular weight is 399 g/mol. The van der Waals surface area contributed by atoms with Crippen LogP contribution in [0.5, 0.6) is 0 Å². The third kappa shape index (κ3) is 3.77. The summed E-state index contributed by atoms with van der Waals surface area (Å²) in [5, 5.41) is 3.32. The molecule has 2 aromatic heterocycles. The number of carbonyl (C=O) groups is 1. The van der Waals surface area contributed by atoms with Crippen molar-refractivity contribution < 1.29 is 18.0 Å². The molecule has 2 aromatic carbocycles. The van der Waals surface area contributed by atoms with Crippen LogP contribution in [0.2, 0.25) is 0 Å². The van der Waals surface area contributed by atoms with Crippen LogP contribution in [-0.4, -0.2) is 15.9 Å². The van der Waals surface area contributed by atoms with E-state index in [2.05, 4.69) is 15.3 Å². The van der Waals surface area contributed by atoms with Gasteiger partial charge in [-0.25, -0.2) is 18.7 Å². The van der Waals surface area contributed by atoms with Gasteiger partial charge in [0.1, 0.15) is 11.6 Å². The van der Waals surface area contributed by atoms with Gasteiger partial charge in [0.05, 0.1) is 22.0 Å². The zero-order valence-corrected chi connectivity index (χ0v) is 15.6. The number of rotatable bonds is 5. The Bertz CT molecular complexity index is 1170. The maximum Gasteiger partial charge on any atom is 0.226 e. The summed E-state index contributed by atoms with van der Waals surface area (Å²) < 4.78 is 33.3. The van der Waals surface area contributed by atoms with Crippen LogP contribution >= 0.6 is 11.3 Å². The Morgan fingerprint density at radius 1 is 1.25 bits per heavy atom. The van der Waals surface area contributed by atoms with Crippen LogP contribution in [0.15, 0.2) is 47.0 Å². The molecule has 4 aromatic rings. The molecule has 28 heavy (non-hydrogen) atoms.